The maximum absolute atomic E-state index is 16.1. The van der Waals surface area contributed by atoms with Crippen LogP contribution in [0.3, 0.4) is 0 Å². The first kappa shape index (κ1) is 42.7. The molecule has 0 spiro atoms. The predicted octanol–water partition coefficient (Wildman–Crippen LogP) is 6.90. The van der Waals surface area contributed by atoms with Crippen LogP contribution >= 0.6 is 0 Å². The number of benzene rings is 2. The van der Waals surface area contributed by atoms with Crippen LogP contribution in [0.2, 0.25) is 0 Å². The number of amides is 1. The van der Waals surface area contributed by atoms with Gasteiger partial charge in [-0.15, -0.1) is 0 Å². The number of likely N-dealkylation sites (tertiary alicyclic amines) is 1. The van der Waals surface area contributed by atoms with Gasteiger partial charge in [0.05, 0.1) is 36.3 Å². The van der Waals surface area contributed by atoms with Crippen molar-refractivity contribution in [2.75, 3.05) is 61.1 Å². The summed E-state index contributed by atoms with van der Waals surface area (Å²) >= 11 is 0. The Hall–Kier alpha value is -4.90. The van der Waals surface area contributed by atoms with Gasteiger partial charge in [0.1, 0.15) is 17.0 Å². The third-order valence-corrected chi connectivity index (χ3v) is 12.5. The molecule has 0 radical (unpaired) electrons. The van der Waals surface area contributed by atoms with Crippen molar-refractivity contribution in [1.29, 1.82) is 0 Å². The van der Waals surface area contributed by atoms with Crippen LogP contribution < -0.4 is 20.5 Å². The van der Waals surface area contributed by atoms with Gasteiger partial charge in [-0.1, -0.05) is 67.8 Å². The van der Waals surface area contributed by atoms with Crippen LogP contribution in [0.4, 0.5) is 29.6 Å². The maximum atomic E-state index is 16.1. The average Bonchev–Trinajstić information content (AvgIpc) is 3.20. The van der Waals surface area contributed by atoms with Gasteiger partial charge in [0, 0.05) is 56.7 Å². The molecule has 4 heterocycles. The highest BCUT2D eigenvalue weighted by Crippen LogP contribution is 2.44. The van der Waals surface area contributed by atoms with Crippen molar-refractivity contribution < 1.29 is 41.0 Å². The number of anilines is 2. The number of carbonyl (C=O) groups is 1. The van der Waals surface area contributed by atoms with E-state index >= 15 is 13.2 Å². The number of rotatable bonds is 17. The van der Waals surface area contributed by atoms with E-state index in [0.29, 0.717) is 30.8 Å². The Morgan fingerprint density at radius 3 is 2.34 bits per heavy atom. The van der Waals surface area contributed by atoms with Crippen molar-refractivity contribution >= 4 is 38.3 Å². The standard InChI is InChI=1S/C41H51F3N6O7S/c1-28(31-14-11-15-33(36(31)42)41(43,44)30-16-18-50(19-17-30)40(52)53)45-37-32-26-34(49-20-24-58(54,55)25-21-49)46-38(35(32)39(51)48(2)47-37)57-23-10-5-3-4-9-22-56-27-29-12-7-6-8-13-29/h6-8,11-15,26,28,30H,3-5,9-10,16-25,27H2,1-2H3,(H,45,47)(H,52,53). The Bertz CT molecular complexity index is 2210. The van der Waals surface area contributed by atoms with Crippen LogP contribution in [0.1, 0.15) is 74.6 Å². The maximum Gasteiger partial charge on any atom is 0.407 e. The fraction of sp³-hybridized carbons (Fsp3) is 0.512. The summed E-state index contributed by atoms with van der Waals surface area (Å²) in [5, 5.41) is 17.2. The molecule has 0 bridgehead atoms. The van der Waals surface area contributed by atoms with Gasteiger partial charge in [-0.2, -0.15) is 10.1 Å². The highest BCUT2D eigenvalue weighted by molar-refractivity contribution is 7.91. The molecular weight excluding hydrogens is 778 g/mol. The van der Waals surface area contributed by atoms with E-state index in [9.17, 15) is 23.1 Å². The topological polar surface area (TPSA) is 156 Å². The number of alkyl halides is 2. The number of nitrogens with one attached hydrogen (secondary N) is 1. The van der Waals surface area contributed by atoms with Crippen LogP contribution in [-0.4, -0.2) is 90.2 Å². The van der Waals surface area contributed by atoms with Crippen molar-refractivity contribution in [3.63, 3.8) is 0 Å². The third kappa shape index (κ3) is 10.2. The summed E-state index contributed by atoms with van der Waals surface area (Å²) in [7, 11) is -1.77. The molecule has 1 amide bonds. The molecule has 58 heavy (non-hydrogen) atoms. The van der Waals surface area contributed by atoms with E-state index in [-0.39, 0.29) is 79.8 Å². The smallest absolute Gasteiger partial charge is 0.407 e. The molecule has 4 aromatic rings. The average molecular weight is 829 g/mol. The van der Waals surface area contributed by atoms with Gasteiger partial charge in [-0.05, 0) is 44.2 Å². The Morgan fingerprint density at radius 2 is 1.66 bits per heavy atom. The molecular formula is C41H51F3N6O7S. The van der Waals surface area contributed by atoms with Crippen molar-refractivity contribution in [2.24, 2.45) is 13.0 Å². The minimum Gasteiger partial charge on any atom is -0.477 e. The van der Waals surface area contributed by atoms with Crippen molar-refractivity contribution in [1.82, 2.24) is 19.7 Å². The molecule has 13 nitrogen and oxygen atoms in total. The van der Waals surface area contributed by atoms with Crippen LogP contribution in [0.5, 0.6) is 5.88 Å². The molecule has 0 aliphatic carbocycles. The molecule has 0 saturated carbocycles. The predicted molar refractivity (Wildman–Crippen MR) is 215 cm³/mol. The van der Waals surface area contributed by atoms with Gasteiger partial charge in [0.15, 0.2) is 15.7 Å². The molecule has 2 fully saturated rings. The zero-order valence-electron chi connectivity index (χ0n) is 32.8. The minimum absolute atomic E-state index is 0.0516. The molecule has 1 atom stereocenters. The van der Waals surface area contributed by atoms with Gasteiger partial charge >= 0.3 is 6.09 Å². The number of hydrogen-bond donors (Lipinski definition) is 2. The lowest BCUT2D eigenvalue weighted by atomic mass is 9.85. The first-order chi connectivity index (χ1) is 27.7. The van der Waals surface area contributed by atoms with E-state index in [4.69, 9.17) is 14.5 Å². The molecule has 6 rings (SSSR count). The van der Waals surface area contributed by atoms with Crippen molar-refractivity contribution in [3.8, 4) is 5.88 Å². The normalized spacial score (nSPS) is 16.7. The molecule has 2 aromatic heterocycles. The van der Waals surface area contributed by atoms with E-state index < -0.39 is 50.8 Å². The first-order valence-electron chi connectivity index (χ1n) is 19.8. The van der Waals surface area contributed by atoms with Crippen LogP contribution in [0.25, 0.3) is 10.8 Å². The minimum atomic E-state index is -3.56. The van der Waals surface area contributed by atoms with E-state index in [1.807, 2.05) is 30.3 Å². The third-order valence-electron chi connectivity index (χ3n) is 10.9. The molecule has 2 aliphatic heterocycles. The van der Waals surface area contributed by atoms with Crippen LogP contribution in [0.15, 0.2) is 59.4 Å². The Kier molecular flexibility index (Phi) is 13.8. The van der Waals surface area contributed by atoms with E-state index in [1.54, 1.807) is 17.9 Å². The highest BCUT2D eigenvalue weighted by Gasteiger charge is 2.45. The fourth-order valence-electron chi connectivity index (χ4n) is 7.48. The summed E-state index contributed by atoms with van der Waals surface area (Å²) in [6.07, 6.45) is 3.02. The van der Waals surface area contributed by atoms with Gasteiger partial charge in [0.25, 0.3) is 11.5 Å². The summed E-state index contributed by atoms with van der Waals surface area (Å²) < 4.78 is 85.5. The number of nitrogens with zero attached hydrogens (tertiary/aromatic N) is 5. The number of ether oxygens (including phenoxy) is 2. The summed E-state index contributed by atoms with van der Waals surface area (Å²) in [6.45, 7) is 3.31. The number of unbranched alkanes of at least 4 members (excludes halogenated alkanes) is 4. The second-order valence-electron chi connectivity index (χ2n) is 15.0. The molecule has 2 N–H and O–H groups in total. The van der Waals surface area contributed by atoms with Crippen molar-refractivity contribution in [2.45, 2.75) is 70.4 Å². The summed E-state index contributed by atoms with van der Waals surface area (Å²) in [5.41, 5.74) is -0.196. The number of sulfone groups is 1. The number of hydrogen-bond acceptors (Lipinski definition) is 10. The molecule has 2 aromatic carbocycles. The first-order valence-corrected chi connectivity index (χ1v) is 21.6. The quantitative estimate of drug-likeness (QED) is 0.107. The Labute approximate surface area is 336 Å². The lowest BCUT2D eigenvalue weighted by Crippen LogP contribution is -2.42. The van der Waals surface area contributed by atoms with Crippen molar-refractivity contribution in [3.05, 3.63) is 87.5 Å². The SMILES string of the molecule is CC(Nc1nn(C)c(=O)c2c(OCCCCCCCOCc3ccccc3)nc(N3CCS(=O)(=O)CC3)cc12)c1cccc(C(F)(F)C2CCN(C(=O)O)CC2)c1F. The Balaban J connectivity index is 1.19. The van der Waals surface area contributed by atoms with Gasteiger partial charge in [-0.3, -0.25) is 4.79 Å². The molecule has 314 valence electrons. The second kappa shape index (κ2) is 18.8. The van der Waals surface area contributed by atoms with Crippen LogP contribution in [0, 0.1) is 11.7 Å². The lowest BCUT2D eigenvalue weighted by Gasteiger charge is -2.35. The lowest BCUT2D eigenvalue weighted by molar-refractivity contribution is -0.0861. The number of piperidine rings is 1. The van der Waals surface area contributed by atoms with E-state index in [2.05, 4.69) is 10.4 Å². The number of fused-ring (bicyclic) bond motifs is 1. The zero-order chi connectivity index (χ0) is 41.5. The highest BCUT2D eigenvalue weighted by atomic mass is 32.2. The second-order valence-corrected chi connectivity index (χ2v) is 17.3. The van der Waals surface area contributed by atoms with E-state index in [0.717, 1.165) is 46.9 Å². The number of pyridine rings is 1. The van der Waals surface area contributed by atoms with Gasteiger partial charge in [0.2, 0.25) is 5.88 Å². The Morgan fingerprint density at radius 1 is 0.983 bits per heavy atom. The number of halogens is 3. The van der Waals surface area contributed by atoms with E-state index in [1.165, 1.54) is 19.2 Å². The molecule has 17 heteroatoms. The van der Waals surface area contributed by atoms with Gasteiger partial charge in [-0.25, -0.2) is 31.1 Å². The fourth-order valence-corrected chi connectivity index (χ4v) is 8.68. The molecule has 2 aliphatic rings. The monoisotopic (exact) mass is 828 g/mol. The summed E-state index contributed by atoms with van der Waals surface area (Å²) in [5.74, 6) is -5.47. The summed E-state index contributed by atoms with van der Waals surface area (Å²) in [6, 6.07) is 14.5. The number of aromatic nitrogens is 3. The number of carboxylic acid groups (broad SMARTS) is 1. The van der Waals surface area contributed by atoms with Gasteiger partial charge < -0.3 is 29.7 Å². The zero-order valence-corrected chi connectivity index (χ0v) is 33.7. The van der Waals surface area contributed by atoms with Crippen LogP contribution in [-0.2, 0) is 34.2 Å². The summed E-state index contributed by atoms with van der Waals surface area (Å²) in [4.78, 5) is 32.6. The molecule has 2 saturated heterocycles. The molecule has 1 unspecified atom stereocenters. The number of aryl methyl sites for hydroxylation is 1. The largest absolute Gasteiger partial charge is 0.477 e.